The van der Waals surface area contributed by atoms with Crippen molar-refractivity contribution in [1.82, 2.24) is 5.43 Å². The van der Waals surface area contributed by atoms with Gasteiger partial charge in [0.05, 0.1) is 48.2 Å². The van der Waals surface area contributed by atoms with Crippen molar-refractivity contribution in [2.24, 2.45) is 0 Å². The van der Waals surface area contributed by atoms with Gasteiger partial charge in [0, 0.05) is 47.3 Å². The number of aromatic hydroxyl groups is 2. The maximum atomic E-state index is 13.8. The molecule has 9 N–H and O–H groups in total. The van der Waals surface area contributed by atoms with Crippen LogP contribution in [0, 0.1) is 0 Å². The number of phenols is 2. The first kappa shape index (κ1) is 32.4. The molecule has 47 heavy (non-hydrogen) atoms. The summed E-state index contributed by atoms with van der Waals surface area (Å²) in [4.78, 5) is 40.4. The van der Waals surface area contributed by atoms with Crippen molar-refractivity contribution in [2.75, 3.05) is 24.9 Å². The fourth-order valence-corrected chi connectivity index (χ4v) is 6.60. The second-order valence-corrected chi connectivity index (χ2v) is 12.0. The van der Waals surface area contributed by atoms with Crippen LogP contribution in [0.1, 0.15) is 68.8 Å². The number of rotatable bonds is 8. The van der Waals surface area contributed by atoms with Crippen molar-refractivity contribution in [3.8, 4) is 17.2 Å². The van der Waals surface area contributed by atoms with Crippen molar-refractivity contribution in [2.45, 2.75) is 62.4 Å². The monoisotopic (exact) mass is 649 g/mol. The number of carbonyl (C=O) groups excluding carboxylic acids is 3. The molecular weight excluding hydrogens is 614 g/mol. The average molecular weight is 650 g/mol. The van der Waals surface area contributed by atoms with E-state index in [9.17, 15) is 39.9 Å². The molecule has 3 aromatic rings. The summed E-state index contributed by atoms with van der Waals surface area (Å²) >= 11 is 0. The molecule has 248 valence electrons. The normalized spacial score (nSPS) is 26.6. The molecule has 0 spiro atoms. The topological polar surface area (TPSA) is 230 Å². The largest absolute Gasteiger partial charge is 0.507 e. The smallest absolute Gasteiger partial charge is 0.202 e. The maximum Gasteiger partial charge on any atom is 0.202 e. The van der Waals surface area contributed by atoms with Crippen molar-refractivity contribution >= 4 is 28.7 Å². The minimum Gasteiger partial charge on any atom is -0.507 e. The first-order chi connectivity index (χ1) is 22.4. The van der Waals surface area contributed by atoms with E-state index in [1.807, 2.05) is 0 Å². The predicted octanol–water partition coefficient (Wildman–Crippen LogP) is 1.24. The number of nitrogen functional groups attached to an aromatic ring is 1. The van der Waals surface area contributed by atoms with Gasteiger partial charge in [-0.15, -0.1) is 0 Å². The molecule has 0 amide bonds. The summed E-state index contributed by atoms with van der Waals surface area (Å²) in [6.07, 6.45) is -5.29. The Hall–Kier alpha value is -4.57. The molecule has 1 aliphatic heterocycles. The van der Waals surface area contributed by atoms with E-state index in [0.717, 1.165) is 0 Å². The van der Waals surface area contributed by atoms with E-state index in [2.05, 4.69) is 10.9 Å². The van der Waals surface area contributed by atoms with Gasteiger partial charge in [0.2, 0.25) is 5.78 Å². The summed E-state index contributed by atoms with van der Waals surface area (Å²) in [5.74, 6) is -3.82. The number of anilines is 2. The van der Waals surface area contributed by atoms with E-state index in [0.29, 0.717) is 11.4 Å². The second-order valence-electron chi connectivity index (χ2n) is 12.0. The number of hydrazine groups is 1. The van der Waals surface area contributed by atoms with E-state index in [1.165, 1.54) is 25.3 Å². The number of aliphatic hydroxyl groups excluding tert-OH is 2. The Balaban J connectivity index is 1.39. The Morgan fingerprint density at radius 2 is 1.77 bits per heavy atom. The number of fused-ring (bicyclic) bond motifs is 3. The molecular formula is C33H35N3O11. The molecule has 0 aromatic heterocycles. The third kappa shape index (κ3) is 5.48. The highest BCUT2D eigenvalue weighted by atomic mass is 16.7. The quantitative estimate of drug-likeness (QED) is 0.0763. The Morgan fingerprint density at radius 3 is 2.45 bits per heavy atom. The van der Waals surface area contributed by atoms with Crippen LogP contribution in [0.5, 0.6) is 17.2 Å². The van der Waals surface area contributed by atoms with Gasteiger partial charge in [-0.1, -0.05) is 12.1 Å². The molecule has 0 radical (unpaired) electrons. The molecule has 3 aromatic carbocycles. The lowest BCUT2D eigenvalue weighted by Crippen LogP contribution is -2.55. The summed E-state index contributed by atoms with van der Waals surface area (Å²) in [6.45, 7) is 0.583. The Bertz CT molecular complexity index is 1760. The van der Waals surface area contributed by atoms with Crippen LogP contribution in [0.25, 0.3) is 0 Å². The summed E-state index contributed by atoms with van der Waals surface area (Å²) in [5, 5.41) is 55.2. The van der Waals surface area contributed by atoms with Crippen molar-refractivity contribution in [3.63, 3.8) is 0 Å². The average Bonchev–Trinajstić information content (AvgIpc) is 3.05. The molecule has 14 heteroatoms. The highest BCUT2D eigenvalue weighted by Gasteiger charge is 2.50. The van der Waals surface area contributed by atoms with Crippen LogP contribution in [-0.2, 0) is 20.7 Å². The van der Waals surface area contributed by atoms with Gasteiger partial charge < -0.3 is 50.9 Å². The highest BCUT2D eigenvalue weighted by Crippen LogP contribution is 2.52. The zero-order chi connectivity index (χ0) is 33.8. The molecule has 6 atom stereocenters. The SMILES string of the molecule is COc1cccc2c1C(=O)c1c(O)c3c(c(O)c1C2=O)C[C@@](O)(C(=O)CO)C[C@@H]3OC1CC(NNc2ccc(N)cc2)C(O)C(C)O1. The summed E-state index contributed by atoms with van der Waals surface area (Å²) < 4.78 is 17.5. The van der Waals surface area contributed by atoms with Crippen LogP contribution in [-0.4, -0.2) is 86.7 Å². The van der Waals surface area contributed by atoms with E-state index >= 15 is 0 Å². The van der Waals surface area contributed by atoms with Gasteiger partial charge in [0.15, 0.2) is 17.9 Å². The number of nitrogens with one attached hydrogen (secondary N) is 2. The van der Waals surface area contributed by atoms with Crippen LogP contribution in [0.4, 0.5) is 11.4 Å². The standard InChI is InChI=1S/C33H35N3O11/c1-14-28(39)19(36-35-16-8-6-15(34)7-9-16)10-23(46-14)47-21-12-33(44,22(38)13-37)11-18-25(21)32(43)27-26(30(18)41)29(40)17-4-3-5-20(45-2)24(17)31(27)42/h3-9,14,19,21,23,28,35-37,39,41,43-44H,10-13,34H2,1-2H3/t14?,19?,21-,23?,28?,33-/m0/s1. The van der Waals surface area contributed by atoms with E-state index in [-0.39, 0.29) is 34.4 Å². The number of hydrogen-bond donors (Lipinski definition) is 8. The Morgan fingerprint density at radius 1 is 1.06 bits per heavy atom. The molecule has 14 nitrogen and oxygen atoms in total. The third-order valence-electron chi connectivity index (χ3n) is 9.07. The van der Waals surface area contributed by atoms with Gasteiger partial charge in [-0.2, -0.15) is 0 Å². The number of ether oxygens (including phenoxy) is 3. The van der Waals surface area contributed by atoms with Crippen LogP contribution in [0.3, 0.4) is 0 Å². The van der Waals surface area contributed by atoms with Gasteiger partial charge in [0.25, 0.3) is 0 Å². The molecule has 6 rings (SSSR count). The number of carbonyl (C=O) groups is 3. The molecule has 4 unspecified atom stereocenters. The second kappa shape index (κ2) is 12.2. The van der Waals surface area contributed by atoms with Gasteiger partial charge in [0.1, 0.15) is 29.5 Å². The zero-order valence-corrected chi connectivity index (χ0v) is 25.5. The van der Waals surface area contributed by atoms with Crippen LogP contribution in [0.15, 0.2) is 42.5 Å². The first-order valence-corrected chi connectivity index (χ1v) is 15.0. The molecule has 0 saturated carbocycles. The molecule has 1 saturated heterocycles. The fraction of sp³-hybridized carbons (Fsp3) is 0.364. The van der Waals surface area contributed by atoms with Crippen LogP contribution >= 0.6 is 0 Å². The number of methoxy groups -OCH3 is 1. The van der Waals surface area contributed by atoms with Gasteiger partial charge in [-0.3, -0.25) is 14.4 Å². The summed E-state index contributed by atoms with van der Waals surface area (Å²) in [6, 6.07) is 10.6. The minimum absolute atomic E-state index is 0.0331. The number of aliphatic hydroxyl groups is 3. The molecule has 0 bridgehead atoms. The lowest BCUT2D eigenvalue weighted by atomic mass is 9.72. The number of hydrogen-bond acceptors (Lipinski definition) is 14. The van der Waals surface area contributed by atoms with Crippen molar-refractivity contribution in [3.05, 3.63) is 75.8 Å². The fourth-order valence-electron chi connectivity index (χ4n) is 6.60. The number of benzene rings is 3. The number of nitrogens with two attached hydrogens (primary N) is 1. The van der Waals surface area contributed by atoms with E-state index in [4.69, 9.17) is 19.9 Å². The first-order valence-electron chi connectivity index (χ1n) is 15.0. The number of Topliss-reactive ketones (excluding diaryl/α,β-unsaturated/α-hetero) is 1. The molecule has 1 heterocycles. The minimum atomic E-state index is -2.28. The van der Waals surface area contributed by atoms with Gasteiger partial charge in [-0.25, -0.2) is 5.43 Å². The van der Waals surface area contributed by atoms with Crippen LogP contribution in [0.2, 0.25) is 0 Å². The van der Waals surface area contributed by atoms with Crippen molar-refractivity contribution < 1.29 is 54.1 Å². The van der Waals surface area contributed by atoms with Gasteiger partial charge >= 0.3 is 0 Å². The summed E-state index contributed by atoms with van der Waals surface area (Å²) in [7, 11) is 1.32. The lowest BCUT2D eigenvalue weighted by molar-refractivity contribution is -0.249. The van der Waals surface area contributed by atoms with E-state index < -0.39 is 95.7 Å². The predicted molar refractivity (Wildman–Crippen MR) is 165 cm³/mol. The zero-order valence-electron chi connectivity index (χ0n) is 25.5. The Kier molecular flexibility index (Phi) is 8.42. The maximum absolute atomic E-state index is 13.8. The molecule has 2 aliphatic carbocycles. The highest BCUT2D eigenvalue weighted by molar-refractivity contribution is 6.31. The molecule has 1 fully saturated rings. The molecule has 3 aliphatic rings. The third-order valence-corrected chi connectivity index (χ3v) is 9.07. The van der Waals surface area contributed by atoms with E-state index in [1.54, 1.807) is 31.2 Å². The Labute approximate surface area is 268 Å². The van der Waals surface area contributed by atoms with Crippen LogP contribution < -0.4 is 21.3 Å². The number of phenolic OH excluding ortho intramolecular Hbond substituents is 2. The van der Waals surface area contributed by atoms with Crippen molar-refractivity contribution in [1.29, 1.82) is 0 Å². The van der Waals surface area contributed by atoms with Gasteiger partial charge in [-0.05, 0) is 37.3 Å². The number of ketones is 3. The summed E-state index contributed by atoms with van der Waals surface area (Å²) in [5.41, 5.74) is 9.32. The lowest BCUT2D eigenvalue weighted by Gasteiger charge is -2.43.